The maximum absolute atomic E-state index is 11.9. The highest BCUT2D eigenvalue weighted by Gasteiger charge is 2.11. The molecule has 1 aromatic carbocycles. The molecule has 0 aliphatic rings. The third kappa shape index (κ3) is 3.17. The lowest BCUT2D eigenvalue weighted by Gasteiger charge is -1.98. The van der Waals surface area contributed by atoms with Crippen LogP contribution in [0.1, 0.15) is 21.2 Å². The van der Waals surface area contributed by atoms with Gasteiger partial charge in [-0.15, -0.1) is 11.3 Å². The number of nitrogens with zero attached hydrogens (tertiary/aromatic N) is 2. The Morgan fingerprint density at radius 1 is 1.33 bits per heavy atom. The van der Waals surface area contributed by atoms with Gasteiger partial charge in [-0.2, -0.15) is 0 Å². The molecule has 21 heavy (non-hydrogen) atoms. The minimum absolute atomic E-state index is 0.205. The Morgan fingerprint density at radius 2 is 2.14 bits per heavy atom. The first-order valence-corrected chi connectivity index (χ1v) is 7.31. The van der Waals surface area contributed by atoms with Gasteiger partial charge in [0.05, 0.1) is 11.6 Å². The molecule has 1 amide bonds. The third-order valence-electron chi connectivity index (χ3n) is 2.90. The lowest BCUT2D eigenvalue weighted by atomic mass is 10.2. The van der Waals surface area contributed by atoms with E-state index in [2.05, 4.69) is 15.5 Å². The molecule has 0 radical (unpaired) electrons. The van der Waals surface area contributed by atoms with Crippen molar-refractivity contribution < 1.29 is 9.32 Å². The van der Waals surface area contributed by atoms with Crippen LogP contribution in [0.3, 0.4) is 0 Å². The van der Waals surface area contributed by atoms with Crippen molar-refractivity contribution in [1.82, 2.24) is 15.5 Å². The predicted molar refractivity (Wildman–Crippen MR) is 80.0 cm³/mol. The monoisotopic (exact) mass is 299 g/mol. The van der Waals surface area contributed by atoms with E-state index in [-0.39, 0.29) is 5.91 Å². The highest BCUT2D eigenvalue weighted by atomic mass is 32.1. The molecule has 0 unspecified atom stereocenters. The molecule has 0 atom stereocenters. The zero-order valence-corrected chi connectivity index (χ0v) is 12.2. The van der Waals surface area contributed by atoms with Crippen molar-refractivity contribution in [2.75, 3.05) is 0 Å². The molecule has 0 aliphatic carbocycles. The Kier molecular flexibility index (Phi) is 3.79. The highest BCUT2D eigenvalue weighted by Crippen LogP contribution is 2.19. The van der Waals surface area contributed by atoms with Crippen molar-refractivity contribution in [2.24, 2.45) is 0 Å². The fraction of sp³-hybridized carbons (Fsp3) is 0.133. The smallest absolute Gasteiger partial charge is 0.271 e. The Bertz CT molecular complexity index is 749. The summed E-state index contributed by atoms with van der Waals surface area (Å²) in [5.41, 5.74) is 2.07. The summed E-state index contributed by atoms with van der Waals surface area (Å²) in [4.78, 5) is 16.0. The molecule has 0 bridgehead atoms. The molecule has 0 saturated carbocycles. The van der Waals surface area contributed by atoms with Crippen LogP contribution in [0.2, 0.25) is 0 Å². The lowest BCUT2D eigenvalue weighted by Crippen LogP contribution is -2.23. The molecule has 2 aromatic heterocycles. The van der Waals surface area contributed by atoms with Gasteiger partial charge in [-0.05, 0) is 6.92 Å². The van der Waals surface area contributed by atoms with Crippen molar-refractivity contribution in [3.05, 3.63) is 58.2 Å². The van der Waals surface area contributed by atoms with Crippen LogP contribution in [0.4, 0.5) is 0 Å². The number of aryl methyl sites for hydroxylation is 1. The summed E-state index contributed by atoms with van der Waals surface area (Å²) in [6.45, 7) is 2.18. The average Bonchev–Trinajstić information content (AvgIpc) is 3.15. The molecule has 6 heteroatoms. The van der Waals surface area contributed by atoms with E-state index in [9.17, 15) is 4.79 Å². The van der Waals surface area contributed by atoms with Gasteiger partial charge < -0.3 is 9.84 Å². The first-order valence-electron chi connectivity index (χ1n) is 6.44. The van der Waals surface area contributed by atoms with E-state index in [1.54, 1.807) is 5.38 Å². The normalized spacial score (nSPS) is 10.5. The topological polar surface area (TPSA) is 68.0 Å². The summed E-state index contributed by atoms with van der Waals surface area (Å²) in [5.74, 6) is 0.480. The zero-order valence-electron chi connectivity index (χ0n) is 11.4. The van der Waals surface area contributed by atoms with Crippen molar-refractivity contribution in [1.29, 1.82) is 0 Å². The van der Waals surface area contributed by atoms with Crippen LogP contribution in [0.15, 0.2) is 46.3 Å². The Labute approximate surface area is 125 Å². The molecule has 106 valence electrons. The second-order valence-electron chi connectivity index (χ2n) is 4.48. The van der Waals surface area contributed by atoms with E-state index >= 15 is 0 Å². The SMILES string of the molecule is Cc1nc(C(=O)NCc2cc(-c3ccccc3)on2)cs1. The summed E-state index contributed by atoms with van der Waals surface area (Å²) in [6.07, 6.45) is 0. The molecule has 0 saturated heterocycles. The Hall–Kier alpha value is -2.47. The average molecular weight is 299 g/mol. The molecule has 3 rings (SSSR count). The van der Waals surface area contributed by atoms with Gasteiger partial charge in [0.1, 0.15) is 11.4 Å². The number of hydrogen-bond acceptors (Lipinski definition) is 5. The van der Waals surface area contributed by atoms with Crippen LogP contribution < -0.4 is 5.32 Å². The number of benzene rings is 1. The van der Waals surface area contributed by atoms with Gasteiger partial charge in [0, 0.05) is 17.0 Å². The minimum Gasteiger partial charge on any atom is -0.356 e. The molecule has 3 aromatic rings. The van der Waals surface area contributed by atoms with Gasteiger partial charge in [-0.25, -0.2) is 4.98 Å². The summed E-state index contributed by atoms with van der Waals surface area (Å²) in [5, 5.41) is 9.34. The maximum atomic E-state index is 11.9. The van der Waals surface area contributed by atoms with Crippen LogP contribution in [-0.4, -0.2) is 16.0 Å². The molecule has 0 fully saturated rings. The second-order valence-corrected chi connectivity index (χ2v) is 5.55. The van der Waals surface area contributed by atoms with Crippen molar-refractivity contribution in [3.8, 4) is 11.3 Å². The van der Waals surface area contributed by atoms with Crippen LogP contribution in [0.5, 0.6) is 0 Å². The molecule has 2 heterocycles. The Balaban J connectivity index is 1.64. The number of carbonyl (C=O) groups excluding carboxylic acids is 1. The van der Waals surface area contributed by atoms with E-state index in [1.165, 1.54) is 11.3 Å². The maximum Gasteiger partial charge on any atom is 0.271 e. The zero-order chi connectivity index (χ0) is 14.7. The fourth-order valence-corrected chi connectivity index (χ4v) is 2.46. The van der Waals surface area contributed by atoms with Crippen LogP contribution in [0, 0.1) is 6.92 Å². The van der Waals surface area contributed by atoms with Crippen molar-refractivity contribution in [3.63, 3.8) is 0 Å². The minimum atomic E-state index is -0.205. The van der Waals surface area contributed by atoms with Crippen molar-refractivity contribution >= 4 is 17.2 Å². The number of aromatic nitrogens is 2. The first kappa shape index (κ1) is 13.5. The highest BCUT2D eigenvalue weighted by molar-refractivity contribution is 7.09. The van der Waals surface area contributed by atoms with E-state index < -0.39 is 0 Å². The number of thiazole rings is 1. The molecular weight excluding hydrogens is 286 g/mol. The largest absolute Gasteiger partial charge is 0.356 e. The van der Waals surface area contributed by atoms with E-state index in [0.717, 1.165) is 10.6 Å². The van der Waals surface area contributed by atoms with Gasteiger partial charge in [-0.1, -0.05) is 35.5 Å². The summed E-state index contributed by atoms with van der Waals surface area (Å²) >= 11 is 1.45. The van der Waals surface area contributed by atoms with Crippen LogP contribution in [0.25, 0.3) is 11.3 Å². The molecule has 0 spiro atoms. The van der Waals surface area contributed by atoms with Gasteiger partial charge in [-0.3, -0.25) is 4.79 Å². The van der Waals surface area contributed by atoms with E-state index in [0.29, 0.717) is 23.7 Å². The predicted octanol–water partition coefficient (Wildman–Crippen LogP) is 3.04. The number of rotatable bonds is 4. The summed E-state index contributed by atoms with van der Waals surface area (Å²) < 4.78 is 5.28. The number of carbonyl (C=O) groups is 1. The van der Waals surface area contributed by atoms with Gasteiger partial charge >= 0.3 is 0 Å². The third-order valence-corrected chi connectivity index (χ3v) is 3.67. The molecule has 0 aliphatic heterocycles. The standard InChI is InChI=1S/C15H13N3O2S/c1-10-17-13(9-21-10)15(19)16-8-12-7-14(20-18-12)11-5-3-2-4-6-11/h2-7,9H,8H2,1H3,(H,16,19). The van der Waals surface area contributed by atoms with Gasteiger partial charge in [0.25, 0.3) is 5.91 Å². The molecule has 1 N–H and O–H groups in total. The lowest BCUT2D eigenvalue weighted by molar-refractivity contribution is 0.0945. The number of nitrogens with one attached hydrogen (secondary N) is 1. The van der Waals surface area contributed by atoms with Crippen molar-refractivity contribution in [2.45, 2.75) is 13.5 Å². The molecular formula is C15H13N3O2S. The van der Waals surface area contributed by atoms with Gasteiger partial charge in [0.15, 0.2) is 5.76 Å². The van der Waals surface area contributed by atoms with E-state index in [1.807, 2.05) is 43.3 Å². The summed E-state index contributed by atoms with van der Waals surface area (Å²) in [6, 6.07) is 11.5. The first-order chi connectivity index (χ1) is 10.2. The number of amides is 1. The molecule has 5 nitrogen and oxygen atoms in total. The Morgan fingerprint density at radius 3 is 2.86 bits per heavy atom. The second kappa shape index (κ2) is 5.88. The van der Waals surface area contributed by atoms with Crippen LogP contribution >= 0.6 is 11.3 Å². The quantitative estimate of drug-likeness (QED) is 0.804. The van der Waals surface area contributed by atoms with Gasteiger partial charge in [0.2, 0.25) is 0 Å². The van der Waals surface area contributed by atoms with Crippen LogP contribution in [-0.2, 0) is 6.54 Å². The fourth-order valence-electron chi connectivity index (χ4n) is 1.86. The summed E-state index contributed by atoms with van der Waals surface area (Å²) in [7, 11) is 0. The number of hydrogen-bond donors (Lipinski definition) is 1. The van der Waals surface area contributed by atoms with E-state index in [4.69, 9.17) is 4.52 Å².